The fraction of sp³-hybridized carbons (Fsp3) is 0.400. The molecule has 0 saturated heterocycles. The van der Waals surface area contributed by atoms with Gasteiger partial charge in [-0.1, -0.05) is 12.8 Å². The van der Waals surface area contributed by atoms with E-state index < -0.39 is 11.6 Å². The summed E-state index contributed by atoms with van der Waals surface area (Å²) in [6, 6.07) is 2.42. The van der Waals surface area contributed by atoms with Gasteiger partial charge in [-0.3, -0.25) is 0 Å². The van der Waals surface area contributed by atoms with Crippen LogP contribution in [0.4, 0.5) is 8.78 Å². The first kappa shape index (κ1) is 16.3. The molecule has 1 aliphatic carbocycles. The number of aromatic nitrogens is 1. The summed E-state index contributed by atoms with van der Waals surface area (Å²) in [5.74, 6) is -0.863. The van der Waals surface area contributed by atoms with E-state index in [1.807, 2.05) is 0 Å². The van der Waals surface area contributed by atoms with Crippen LogP contribution in [0.5, 0.6) is 0 Å². The van der Waals surface area contributed by atoms with Crippen LogP contribution in [0.25, 0.3) is 11.3 Å². The van der Waals surface area contributed by atoms with Gasteiger partial charge in [-0.05, 0) is 37.5 Å². The van der Waals surface area contributed by atoms with Crippen molar-refractivity contribution in [2.24, 2.45) is 5.73 Å². The topological polar surface area (TPSA) is 38.9 Å². The van der Waals surface area contributed by atoms with Crippen LogP contribution in [0.3, 0.4) is 0 Å². The van der Waals surface area contributed by atoms with E-state index in [1.165, 1.54) is 23.5 Å². The van der Waals surface area contributed by atoms with Crippen LogP contribution in [0.1, 0.15) is 36.3 Å². The van der Waals surface area contributed by atoms with E-state index in [0.29, 0.717) is 11.3 Å². The molecule has 6 heteroatoms. The summed E-state index contributed by atoms with van der Waals surface area (Å²) < 4.78 is 27.6. The van der Waals surface area contributed by atoms with Crippen LogP contribution in [-0.2, 0) is 5.54 Å². The maximum Gasteiger partial charge on any atom is 0.133 e. The minimum absolute atomic E-state index is 0. The number of rotatable bonds is 2. The molecule has 0 amide bonds. The van der Waals surface area contributed by atoms with E-state index >= 15 is 0 Å². The van der Waals surface area contributed by atoms with Crippen molar-refractivity contribution in [2.45, 2.75) is 38.1 Å². The molecular weight excluding hydrogens is 314 g/mol. The zero-order valence-corrected chi connectivity index (χ0v) is 13.3. The number of hydrogen-bond acceptors (Lipinski definition) is 3. The summed E-state index contributed by atoms with van der Waals surface area (Å²) in [6.07, 6.45) is 4.01. The molecule has 2 nitrogen and oxygen atoms in total. The number of thiazole rings is 1. The highest BCUT2D eigenvalue weighted by atomic mass is 35.5. The highest BCUT2D eigenvalue weighted by molar-refractivity contribution is 7.10. The molecule has 2 N–H and O–H groups in total. The first-order valence-electron chi connectivity index (χ1n) is 6.70. The van der Waals surface area contributed by atoms with Gasteiger partial charge in [0.25, 0.3) is 0 Å². The van der Waals surface area contributed by atoms with Gasteiger partial charge >= 0.3 is 0 Å². The summed E-state index contributed by atoms with van der Waals surface area (Å²) >= 11 is 1.43. The molecule has 1 fully saturated rings. The van der Waals surface area contributed by atoms with Crippen molar-refractivity contribution in [2.75, 3.05) is 0 Å². The van der Waals surface area contributed by atoms with Gasteiger partial charge in [0.1, 0.15) is 16.6 Å². The van der Waals surface area contributed by atoms with Gasteiger partial charge in [-0.15, -0.1) is 23.7 Å². The fourth-order valence-corrected chi connectivity index (χ4v) is 3.68. The lowest BCUT2D eigenvalue weighted by atomic mass is 10.0. The Morgan fingerprint density at radius 1 is 1.19 bits per heavy atom. The Balaban J connectivity index is 0.00000161. The molecular formula is C15H17ClF2N2S. The van der Waals surface area contributed by atoms with E-state index in [-0.39, 0.29) is 23.5 Å². The summed E-state index contributed by atoms with van der Waals surface area (Å²) in [4.78, 5) is 4.45. The number of aryl methyl sites for hydroxylation is 1. The van der Waals surface area contributed by atoms with E-state index in [4.69, 9.17) is 5.73 Å². The van der Waals surface area contributed by atoms with E-state index in [9.17, 15) is 8.78 Å². The second kappa shape index (κ2) is 5.99. The third kappa shape index (κ3) is 2.96. The van der Waals surface area contributed by atoms with Gasteiger partial charge in [-0.2, -0.15) is 0 Å². The maximum atomic E-state index is 14.0. The molecule has 21 heavy (non-hydrogen) atoms. The summed E-state index contributed by atoms with van der Waals surface area (Å²) in [6.45, 7) is 1.54. The Kier molecular flexibility index (Phi) is 4.66. The van der Waals surface area contributed by atoms with Crippen LogP contribution in [0.15, 0.2) is 17.5 Å². The standard InChI is InChI=1S/C15H16F2N2S.ClH/c1-9-6-12(17)10(7-11(9)16)13-8-20-14(19-13)15(18)4-2-3-5-15;/h6-8H,2-5,18H2,1H3;1H. The van der Waals surface area contributed by atoms with Crippen molar-refractivity contribution in [3.8, 4) is 11.3 Å². The lowest BCUT2D eigenvalue weighted by Gasteiger charge is -2.19. The Morgan fingerprint density at radius 3 is 2.52 bits per heavy atom. The second-order valence-electron chi connectivity index (χ2n) is 5.48. The van der Waals surface area contributed by atoms with Gasteiger partial charge in [-0.25, -0.2) is 13.8 Å². The number of hydrogen-bond donors (Lipinski definition) is 1. The van der Waals surface area contributed by atoms with Gasteiger partial charge in [0.15, 0.2) is 0 Å². The number of nitrogens with two attached hydrogens (primary N) is 1. The van der Waals surface area contributed by atoms with Crippen LogP contribution in [0, 0.1) is 18.6 Å². The van der Waals surface area contributed by atoms with E-state index in [1.54, 1.807) is 12.3 Å². The predicted octanol–water partition coefficient (Wildman–Crippen LogP) is 4.55. The van der Waals surface area contributed by atoms with Crippen molar-refractivity contribution in [3.63, 3.8) is 0 Å². The molecule has 2 aromatic rings. The molecule has 114 valence electrons. The van der Waals surface area contributed by atoms with Crippen molar-refractivity contribution in [1.29, 1.82) is 0 Å². The monoisotopic (exact) mass is 330 g/mol. The lowest BCUT2D eigenvalue weighted by molar-refractivity contribution is 0.459. The third-order valence-electron chi connectivity index (χ3n) is 3.95. The maximum absolute atomic E-state index is 14.0. The molecule has 1 saturated carbocycles. The average Bonchev–Trinajstić information content (AvgIpc) is 3.03. The fourth-order valence-electron chi connectivity index (χ4n) is 2.69. The molecule has 0 atom stereocenters. The van der Waals surface area contributed by atoms with Crippen LogP contribution >= 0.6 is 23.7 Å². The molecule has 3 rings (SSSR count). The molecule has 1 aromatic carbocycles. The van der Waals surface area contributed by atoms with Gasteiger partial charge in [0.2, 0.25) is 0 Å². The SMILES string of the molecule is Cc1cc(F)c(-c2csc(C3(N)CCCC3)n2)cc1F.Cl. The molecule has 0 unspecified atom stereocenters. The third-order valence-corrected chi connectivity index (χ3v) is 5.01. The molecule has 0 radical (unpaired) electrons. The zero-order chi connectivity index (χ0) is 14.3. The van der Waals surface area contributed by atoms with Gasteiger partial charge in [0, 0.05) is 10.9 Å². The Morgan fingerprint density at radius 2 is 1.86 bits per heavy atom. The zero-order valence-electron chi connectivity index (χ0n) is 11.7. The molecule has 1 heterocycles. The minimum Gasteiger partial charge on any atom is -0.319 e. The number of benzene rings is 1. The Labute approximate surface area is 132 Å². The lowest BCUT2D eigenvalue weighted by Crippen LogP contribution is -2.32. The average molecular weight is 331 g/mol. The first-order chi connectivity index (χ1) is 9.49. The quantitative estimate of drug-likeness (QED) is 0.877. The minimum atomic E-state index is -0.446. The summed E-state index contributed by atoms with van der Waals surface area (Å²) in [5.41, 5.74) is 6.93. The van der Waals surface area contributed by atoms with Gasteiger partial charge < -0.3 is 5.73 Å². The number of nitrogens with zero attached hydrogens (tertiary/aromatic N) is 1. The summed E-state index contributed by atoms with van der Waals surface area (Å²) in [7, 11) is 0. The second-order valence-corrected chi connectivity index (χ2v) is 6.34. The molecule has 0 bridgehead atoms. The van der Waals surface area contributed by atoms with Crippen LogP contribution < -0.4 is 5.73 Å². The molecule has 1 aromatic heterocycles. The van der Waals surface area contributed by atoms with Crippen LogP contribution in [0.2, 0.25) is 0 Å². The van der Waals surface area contributed by atoms with Gasteiger partial charge in [0.05, 0.1) is 11.2 Å². The molecule has 1 aliphatic rings. The van der Waals surface area contributed by atoms with E-state index in [0.717, 1.165) is 30.7 Å². The Bertz CT molecular complexity index is 651. The Hall–Kier alpha value is -1.04. The van der Waals surface area contributed by atoms with Crippen LogP contribution in [-0.4, -0.2) is 4.98 Å². The predicted molar refractivity (Wildman–Crippen MR) is 83.8 cm³/mol. The molecule has 0 aliphatic heterocycles. The highest BCUT2D eigenvalue weighted by Crippen LogP contribution is 2.39. The highest BCUT2D eigenvalue weighted by Gasteiger charge is 2.34. The van der Waals surface area contributed by atoms with Crippen molar-refractivity contribution < 1.29 is 8.78 Å². The molecule has 0 spiro atoms. The van der Waals surface area contributed by atoms with E-state index in [2.05, 4.69) is 4.98 Å². The first-order valence-corrected chi connectivity index (χ1v) is 7.58. The van der Waals surface area contributed by atoms with Crippen molar-refractivity contribution >= 4 is 23.7 Å². The largest absolute Gasteiger partial charge is 0.319 e. The summed E-state index contributed by atoms with van der Waals surface area (Å²) in [5, 5.41) is 2.58. The van der Waals surface area contributed by atoms with Crippen molar-refractivity contribution in [1.82, 2.24) is 4.98 Å². The normalized spacial score (nSPS) is 16.8. The smallest absolute Gasteiger partial charge is 0.133 e. The van der Waals surface area contributed by atoms with Crippen molar-refractivity contribution in [3.05, 3.63) is 39.7 Å². The number of halogens is 3.